The van der Waals surface area contributed by atoms with E-state index in [-0.39, 0.29) is 35.9 Å². The number of nitrogens with zero attached hydrogens (tertiary/aromatic N) is 1. The number of para-hydroxylation sites is 1. The molecule has 2 aliphatic heterocycles. The van der Waals surface area contributed by atoms with E-state index in [0.29, 0.717) is 11.3 Å². The zero-order chi connectivity index (χ0) is 21.3. The van der Waals surface area contributed by atoms with E-state index >= 15 is 0 Å². The highest BCUT2D eigenvalue weighted by molar-refractivity contribution is 6.16. The molecule has 0 aliphatic carbocycles. The number of esters is 3. The fraction of sp³-hybridized carbons (Fsp3) is 0.286. The summed E-state index contributed by atoms with van der Waals surface area (Å²) in [5.41, 5.74) is 5.16. The van der Waals surface area contributed by atoms with E-state index < -0.39 is 23.3 Å². The summed E-state index contributed by atoms with van der Waals surface area (Å²) in [5, 5.41) is 0. The van der Waals surface area contributed by atoms with Crippen molar-refractivity contribution in [2.75, 3.05) is 25.2 Å². The number of carbonyl (C=O) groups excluding carboxylic acids is 3. The van der Waals surface area contributed by atoms with Crippen LogP contribution in [0.4, 0.5) is 5.69 Å². The number of rotatable bonds is 5. The molecule has 1 aromatic carbocycles. The average molecular weight is 398 g/mol. The van der Waals surface area contributed by atoms with E-state index in [4.69, 9.17) is 19.9 Å². The first-order chi connectivity index (χ1) is 13.9. The highest BCUT2D eigenvalue weighted by Crippen LogP contribution is 2.53. The maximum absolute atomic E-state index is 13.3. The van der Waals surface area contributed by atoms with Gasteiger partial charge in [-0.25, -0.2) is 14.4 Å². The number of hydrogen-bond acceptors (Lipinski definition) is 8. The van der Waals surface area contributed by atoms with Gasteiger partial charge >= 0.3 is 17.9 Å². The van der Waals surface area contributed by atoms with E-state index in [0.717, 1.165) is 0 Å². The van der Waals surface area contributed by atoms with Crippen molar-refractivity contribution in [2.24, 2.45) is 5.73 Å². The maximum atomic E-state index is 13.3. The number of cyclic esters (lactones) is 1. The van der Waals surface area contributed by atoms with Crippen molar-refractivity contribution >= 4 is 23.6 Å². The zero-order valence-electron chi connectivity index (χ0n) is 16.5. The summed E-state index contributed by atoms with van der Waals surface area (Å²) in [6, 6.07) is 6.86. The number of allylic oxidation sites excluding steroid dienone is 1. The van der Waals surface area contributed by atoms with Gasteiger partial charge in [0.2, 0.25) is 0 Å². The third-order valence-electron chi connectivity index (χ3n) is 4.98. The summed E-state index contributed by atoms with van der Waals surface area (Å²) < 4.78 is 15.5. The van der Waals surface area contributed by atoms with E-state index in [1.54, 1.807) is 42.2 Å². The van der Waals surface area contributed by atoms with E-state index in [9.17, 15) is 14.4 Å². The van der Waals surface area contributed by atoms with Crippen LogP contribution in [-0.2, 0) is 34.0 Å². The Labute approximate surface area is 168 Å². The van der Waals surface area contributed by atoms with Gasteiger partial charge in [-0.05, 0) is 19.9 Å². The molecular formula is C21H22N2O6. The van der Waals surface area contributed by atoms with Crippen LogP contribution in [0.5, 0.6) is 0 Å². The first-order valence-electron chi connectivity index (χ1n) is 9.03. The summed E-state index contributed by atoms with van der Waals surface area (Å²) in [5.74, 6) is -2.40. The van der Waals surface area contributed by atoms with Crippen LogP contribution in [0, 0.1) is 0 Å². The second kappa shape index (κ2) is 7.46. The molecule has 0 fully saturated rings. The summed E-state index contributed by atoms with van der Waals surface area (Å²) in [6.45, 7) is 7.16. The Morgan fingerprint density at radius 2 is 1.97 bits per heavy atom. The van der Waals surface area contributed by atoms with Crippen molar-refractivity contribution in [1.29, 1.82) is 0 Å². The minimum Gasteiger partial charge on any atom is -0.466 e. The highest BCUT2D eigenvalue weighted by atomic mass is 16.6. The normalized spacial score (nSPS) is 20.5. The zero-order valence-corrected chi connectivity index (χ0v) is 16.5. The molecule has 0 unspecified atom stereocenters. The Kier molecular flexibility index (Phi) is 5.19. The first-order valence-corrected chi connectivity index (χ1v) is 9.03. The fourth-order valence-corrected chi connectivity index (χ4v) is 3.91. The quantitative estimate of drug-likeness (QED) is 0.453. The van der Waals surface area contributed by atoms with Crippen molar-refractivity contribution in [3.63, 3.8) is 0 Å². The molecule has 8 nitrogen and oxygen atoms in total. The van der Waals surface area contributed by atoms with E-state index in [1.807, 2.05) is 0 Å². The average Bonchev–Trinajstić information content (AvgIpc) is 2.95. The minimum absolute atomic E-state index is 0.0184. The number of fused-ring (bicyclic) bond motifs is 2. The topological polar surface area (TPSA) is 108 Å². The second-order valence-corrected chi connectivity index (χ2v) is 6.46. The van der Waals surface area contributed by atoms with Crippen molar-refractivity contribution in [3.05, 3.63) is 65.2 Å². The lowest BCUT2D eigenvalue weighted by molar-refractivity contribution is -0.146. The Morgan fingerprint density at radius 3 is 2.59 bits per heavy atom. The van der Waals surface area contributed by atoms with Crippen molar-refractivity contribution in [1.82, 2.24) is 0 Å². The third kappa shape index (κ3) is 2.71. The molecule has 2 heterocycles. The van der Waals surface area contributed by atoms with Crippen LogP contribution in [0.25, 0.3) is 0 Å². The number of ether oxygens (including phenoxy) is 3. The lowest BCUT2D eigenvalue weighted by atomic mass is 9.66. The molecule has 0 bridgehead atoms. The Balaban J connectivity index is 2.47. The van der Waals surface area contributed by atoms with Crippen LogP contribution in [0.2, 0.25) is 0 Å². The van der Waals surface area contributed by atoms with Crippen LogP contribution in [0.3, 0.4) is 0 Å². The van der Waals surface area contributed by atoms with Gasteiger partial charge in [0.05, 0.1) is 13.7 Å². The standard InChI is InChI=1S/C21H22N2O6/c1-5-11-23-14-10-8-7-9-13(14)21(16(17(23)22)19(25)28-6-2)15(18(24)27-4)12(3)29-20(21)26/h5,7-10H,1,6,11,22H2,2-4H3/t21-/m0/s1. The molecular weight excluding hydrogens is 376 g/mol. The maximum Gasteiger partial charge on any atom is 0.339 e. The molecule has 1 atom stereocenters. The molecule has 1 spiro atoms. The molecule has 0 saturated heterocycles. The fourth-order valence-electron chi connectivity index (χ4n) is 3.91. The second-order valence-electron chi connectivity index (χ2n) is 6.46. The van der Waals surface area contributed by atoms with Crippen LogP contribution in [0.1, 0.15) is 19.4 Å². The molecule has 1 aromatic rings. The summed E-state index contributed by atoms with van der Waals surface area (Å²) >= 11 is 0. The van der Waals surface area contributed by atoms with Crippen molar-refractivity contribution in [3.8, 4) is 0 Å². The van der Waals surface area contributed by atoms with Crippen LogP contribution in [0.15, 0.2) is 59.6 Å². The van der Waals surface area contributed by atoms with E-state index in [1.165, 1.54) is 14.0 Å². The first kappa shape index (κ1) is 20.2. The highest BCUT2D eigenvalue weighted by Gasteiger charge is 2.63. The minimum atomic E-state index is -1.89. The van der Waals surface area contributed by atoms with Gasteiger partial charge in [-0.1, -0.05) is 24.3 Å². The predicted octanol–water partition coefficient (Wildman–Crippen LogP) is 1.67. The molecule has 0 radical (unpaired) electrons. The lowest BCUT2D eigenvalue weighted by Crippen LogP contribution is -2.50. The van der Waals surface area contributed by atoms with E-state index in [2.05, 4.69) is 6.58 Å². The number of nitrogens with two attached hydrogens (primary N) is 1. The van der Waals surface area contributed by atoms with Gasteiger partial charge in [-0.3, -0.25) is 0 Å². The molecule has 8 heteroatoms. The van der Waals surface area contributed by atoms with Gasteiger partial charge in [-0.15, -0.1) is 6.58 Å². The van der Waals surface area contributed by atoms with Crippen LogP contribution >= 0.6 is 0 Å². The Bertz CT molecular complexity index is 977. The number of hydrogen-bond donors (Lipinski definition) is 1. The molecule has 152 valence electrons. The monoisotopic (exact) mass is 398 g/mol. The van der Waals surface area contributed by atoms with Gasteiger partial charge in [0, 0.05) is 17.8 Å². The molecule has 0 saturated carbocycles. The largest absolute Gasteiger partial charge is 0.466 e. The summed E-state index contributed by atoms with van der Waals surface area (Å²) in [4.78, 5) is 40.7. The summed E-state index contributed by atoms with van der Waals surface area (Å²) in [7, 11) is 1.19. The van der Waals surface area contributed by atoms with Gasteiger partial charge in [-0.2, -0.15) is 0 Å². The molecule has 3 rings (SSSR count). The molecule has 0 amide bonds. The van der Waals surface area contributed by atoms with Gasteiger partial charge in [0.25, 0.3) is 0 Å². The lowest BCUT2D eigenvalue weighted by Gasteiger charge is -2.40. The number of benzene rings is 1. The smallest absolute Gasteiger partial charge is 0.339 e. The van der Waals surface area contributed by atoms with Crippen molar-refractivity contribution in [2.45, 2.75) is 19.3 Å². The van der Waals surface area contributed by atoms with Crippen molar-refractivity contribution < 1.29 is 28.6 Å². The number of carbonyl (C=O) groups is 3. The van der Waals surface area contributed by atoms with Crippen LogP contribution < -0.4 is 10.6 Å². The van der Waals surface area contributed by atoms with Gasteiger partial charge < -0.3 is 24.8 Å². The molecule has 2 aliphatic rings. The number of anilines is 1. The Morgan fingerprint density at radius 1 is 1.28 bits per heavy atom. The van der Waals surface area contributed by atoms with Gasteiger partial charge in [0.1, 0.15) is 22.7 Å². The molecule has 0 aromatic heterocycles. The summed E-state index contributed by atoms with van der Waals surface area (Å²) in [6.07, 6.45) is 1.61. The predicted molar refractivity (Wildman–Crippen MR) is 104 cm³/mol. The number of methoxy groups -OCH3 is 1. The van der Waals surface area contributed by atoms with Gasteiger partial charge in [0.15, 0.2) is 5.41 Å². The third-order valence-corrected chi connectivity index (χ3v) is 4.98. The van der Waals surface area contributed by atoms with Crippen LogP contribution in [-0.4, -0.2) is 38.2 Å². The molecule has 2 N–H and O–H groups in total. The SMILES string of the molecule is C=CCN1C(N)=C(C(=O)OCC)[C@]2(C(=O)OC(C)=C2C(=O)OC)c2ccccc21. The molecule has 29 heavy (non-hydrogen) atoms. The Hall–Kier alpha value is -3.55.